The van der Waals surface area contributed by atoms with Crippen LogP contribution in [0, 0.1) is 6.92 Å². The van der Waals surface area contributed by atoms with Crippen LogP contribution in [-0.4, -0.2) is 31.8 Å². The van der Waals surface area contributed by atoms with Gasteiger partial charge in [0.2, 0.25) is 0 Å². The van der Waals surface area contributed by atoms with Crippen LogP contribution in [0.5, 0.6) is 17.2 Å². The van der Waals surface area contributed by atoms with Gasteiger partial charge in [-0.3, -0.25) is 4.79 Å². The molecular formula is C27H28N2O5. The molecule has 0 bridgehead atoms. The number of hydrazone groups is 1. The van der Waals surface area contributed by atoms with Gasteiger partial charge in [-0.15, -0.1) is 0 Å². The van der Waals surface area contributed by atoms with Crippen LogP contribution in [-0.2, 0) is 4.79 Å². The Kier molecular flexibility index (Phi) is 8.40. The summed E-state index contributed by atoms with van der Waals surface area (Å²) >= 11 is 0. The molecular weight excluding hydrogens is 432 g/mol. The van der Waals surface area contributed by atoms with Gasteiger partial charge in [0.05, 0.1) is 18.9 Å². The lowest BCUT2D eigenvalue weighted by Gasteiger charge is -2.12. The van der Waals surface area contributed by atoms with E-state index in [1.54, 1.807) is 55.6 Å². The molecule has 0 aliphatic heterocycles. The molecule has 0 aliphatic carbocycles. The molecule has 0 heterocycles. The summed E-state index contributed by atoms with van der Waals surface area (Å²) < 4.78 is 16.2. The van der Waals surface area contributed by atoms with Crippen molar-refractivity contribution in [3.8, 4) is 17.2 Å². The number of amides is 1. The number of ether oxygens (including phenoxy) is 3. The highest BCUT2D eigenvalue weighted by Gasteiger charge is 2.10. The van der Waals surface area contributed by atoms with Crippen LogP contribution in [0.1, 0.15) is 46.8 Å². The van der Waals surface area contributed by atoms with Crippen LogP contribution in [0.15, 0.2) is 71.8 Å². The number of nitrogens with one attached hydrogen (secondary N) is 1. The third kappa shape index (κ3) is 6.93. The Labute approximate surface area is 199 Å². The third-order valence-electron chi connectivity index (χ3n) is 5.03. The molecule has 3 aromatic rings. The molecule has 3 aromatic carbocycles. The number of carbonyl (C=O) groups excluding carboxylic acids is 2. The Morgan fingerprint density at radius 3 is 2.47 bits per heavy atom. The standard InChI is InChI=1S/C27H28N2O5/c1-18(2)22-9-8-19(3)25(15-22)33-17-26(30)29-28-16-20-6-5-7-24(14-20)34-27(31)21-10-12-23(32-4)13-11-21/h5-16,18H,17H2,1-4H3,(H,29,30)/b28-16-. The summed E-state index contributed by atoms with van der Waals surface area (Å²) in [6.45, 7) is 5.99. The van der Waals surface area contributed by atoms with Crippen LogP contribution in [0.25, 0.3) is 0 Å². The molecule has 7 heteroatoms. The predicted molar refractivity (Wildman–Crippen MR) is 131 cm³/mol. The number of hydrogen-bond acceptors (Lipinski definition) is 6. The van der Waals surface area contributed by atoms with Gasteiger partial charge in [-0.2, -0.15) is 5.10 Å². The number of carbonyl (C=O) groups is 2. The molecule has 0 atom stereocenters. The summed E-state index contributed by atoms with van der Waals surface area (Å²) in [5, 5.41) is 3.96. The van der Waals surface area contributed by atoms with E-state index in [-0.39, 0.29) is 12.5 Å². The van der Waals surface area contributed by atoms with Crippen LogP contribution < -0.4 is 19.6 Å². The van der Waals surface area contributed by atoms with Crippen LogP contribution in [0.3, 0.4) is 0 Å². The van der Waals surface area contributed by atoms with Crippen molar-refractivity contribution in [1.29, 1.82) is 0 Å². The third-order valence-corrected chi connectivity index (χ3v) is 5.03. The van der Waals surface area contributed by atoms with Crippen molar-refractivity contribution in [2.75, 3.05) is 13.7 Å². The molecule has 34 heavy (non-hydrogen) atoms. The van der Waals surface area contributed by atoms with Crippen molar-refractivity contribution >= 4 is 18.1 Å². The summed E-state index contributed by atoms with van der Waals surface area (Å²) in [4.78, 5) is 24.5. The maximum atomic E-state index is 12.3. The fourth-order valence-electron chi connectivity index (χ4n) is 3.04. The van der Waals surface area contributed by atoms with Crippen LogP contribution in [0.2, 0.25) is 0 Å². The van der Waals surface area contributed by atoms with Crippen molar-refractivity contribution in [1.82, 2.24) is 5.43 Å². The molecule has 0 unspecified atom stereocenters. The van der Waals surface area contributed by atoms with Crippen molar-refractivity contribution in [2.24, 2.45) is 5.10 Å². The average Bonchev–Trinajstić information content (AvgIpc) is 2.83. The van der Waals surface area contributed by atoms with Crippen LogP contribution in [0.4, 0.5) is 0 Å². The number of hydrogen-bond donors (Lipinski definition) is 1. The van der Waals surface area contributed by atoms with Gasteiger partial charge in [0.15, 0.2) is 6.61 Å². The van der Waals surface area contributed by atoms with E-state index in [0.717, 1.165) is 11.1 Å². The minimum Gasteiger partial charge on any atom is -0.497 e. The number of rotatable bonds is 9. The number of benzene rings is 3. The molecule has 7 nitrogen and oxygen atoms in total. The van der Waals surface area contributed by atoms with Gasteiger partial charge in [-0.05, 0) is 72.0 Å². The van der Waals surface area contributed by atoms with Crippen molar-refractivity contribution in [3.05, 3.63) is 89.0 Å². The molecule has 0 fully saturated rings. The van der Waals surface area contributed by atoms with E-state index < -0.39 is 5.97 Å². The molecule has 3 rings (SSSR count). The predicted octanol–water partition coefficient (Wildman–Crippen LogP) is 4.88. The highest BCUT2D eigenvalue weighted by Crippen LogP contribution is 2.24. The van der Waals surface area contributed by atoms with Crippen molar-refractivity contribution in [2.45, 2.75) is 26.7 Å². The van der Waals surface area contributed by atoms with E-state index >= 15 is 0 Å². The Bertz CT molecular complexity index is 1170. The zero-order valence-electron chi connectivity index (χ0n) is 19.7. The zero-order chi connectivity index (χ0) is 24.5. The van der Waals surface area contributed by atoms with E-state index in [2.05, 4.69) is 30.4 Å². The molecule has 1 N–H and O–H groups in total. The summed E-state index contributed by atoms with van der Waals surface area (Å²) in [6.07, 6.45) is 1.47. The van der Waals surface area contributed by atoms with Crippen LogP contribution >= 0.6 is 0 Å². The minimum absolute atomic E-state index is 0.154. The van der Waals surface area contributed by atoms with E-state index in [0.29, 0.717) is 34.3 Å². The number of esters is 1. The number of nitrogens with zero attached hydrogens (tertiary/aromatic N) is 1. The summed E-state index contributed by atoms with van der Waals surface area (Å²) in [5.41, 5.74) is 5.60. The fraction of sp³-hybridized carbons (Fsp3) is 0.222. The first-order valence-corrected chi connectivity index (χ1v) is 10.9. The van der Waals surface area contributed by atoms with E-state index in [4.69, 9.17) is 14.2 Å². The lowest BCUT2D eigenvalue weighted by molar-refractivity contribution is -0.123. The molecule has 0 saturated heterocycles. The second-order valence-electron chi connectivity index (χ2n) is 7.95. The van der Waals surface area contributed by atoms with Gasteiger partial charge < -0.3 is 14.2 Å². The molecule has 0 saturated carbocycles. The van der Waals surface area contributed by atoms with Gasteiger partial charge in [-0.25, -0.2) is 10.2 Å². The smallest absolute Gasteiger partial charge is 0.343 e. The molecule has 0 aromatic heterocycles. The van der Waals surface area contributed by atoms with E-state index in [9.17, 15) is 9.59 Å². The topological polar surface area (TPSA) is 86.2 Å². The quantitative estimate of drug-likeness (QED) is 0.213. The lowest BCUT2D eigenvalue weighted by atomic mass is 10.0. The molecule has 0 spiro atoms. The molecule has 176 valence electrons. The minimum atomic E-state index is -0.487. The first kappa shape index (κ1) is 24.5. The Morgan fingerprint density at radius 2 is 1.76 bits per heavy atom. The summed E-state index contributed by atoms with van der Waals surface area (Å²) in [7, 11) is 1.56. The van der Waals surface area contributed by atoms with Gasteiger partial charge in [0, 0.05) is 0 Å². The van der Waals surface area contributed by atoms with E-state index in [1.807, 2.05) is 19.1 Å². The molecule has 0 radical (unpaired) electrons. The monoisotopic (exact) mass is 460 g/mol. The summed E-state index contributed by atoms with van der Waals surface area (Å²) in [6, 6.07) is 19.4. The number of aryl methyl sites for hydroxylation is 1. The van der Waals surface area contributed by atoms with Gasteiger partial charge in [0.25, 0.3) is 5.91 Å². The maximum Gasteiger partial charge on any atom is 0.343 e. The highest BCUT2D eigenvalue weighted by atomic mass is 16.5. The van der Waals surface area contributed by atoms with Gasteiger partial charge in [0.1, 0.15) is 17.2 Å². The maximum absolute atomic E-state index is 12.3. The normalized spacial score (nSPS) is 10.9. The van der Waals surface area contributed by atoms with E-state index in [1.165, 1.54) is 6.21 Å². The first-order valence-electron chi connectivity index (χ1n) is 10.9. The van der Waals surface area contributed by atoms with Gasteiger partial charge in [-0.1, -0.05) is 38.1 Å². The second-order valence-corrected chi connectivity index (χ2v) is 7.95. The summed E-state index contributed by atoms with van der Waals surface area (Å²) in [5.74, 6) is 1.19. The van der Waals surface area contributed by atoms with Gasteiger partial charge >= 0.3 is 5.97 Å². The number of methoxy groups -OCH3 is 1. The Hall–Kier alpha value is -4.13. The SMILES string of the molecule is COc1ccc(C(=O)Oc2cccc(/C=N\NC(=O)COc3cc(C(C)C)ccc3C)c2)cc1. The lowest BCUT2D eigenvalue weighted by Crippen LogP contribution is -2.24. The largest absolute Gasteiger partial charge is 0.497 e. The fourth-order valence-corrected chi connectivity index (χ4v) is 3.04. The highest BCUT2D eigenvalue weighted by molar-refractivity contribution is 5.91. The molecule has 1 amide bonds. The zero-order valence-corrected chi connectivity index (χ0v) is 19.7. The Balaban J connectivity index is 1.53. The first-order chi connectivity index (χ1) is 16.4. The van der Waals surface area contributed by atoms with Crippen molar-refractivity contribution in [3.63, 3.8) is 0 Å². The Morgan fingerprint density at radius 1 is 1.00 bits per heavy atom. The average molecular weight is 461 g/mol. The van der Waals surface area contributed by atoms with Crippen molar-refractivity contribution < 1.29 is 23.8 Å². The second kappa shape index (κ2) is 11.7. The molecule has 0 aliphatic rings.